The molecular weight excluding hydrogens is 442 g/mol. The summed E-state index contributed by atoms with van der Waals surface area (Å²) in [7, 11) is 0. The van der Waals surface area contributed by atoms with Crippen molar-refractivity contribution in [2.24, 2.45) is 4.99 Å². The van der Waals surface area contributed by atoms with E-state index in [0.29, 0.717) is 19.0 Å². The highest BCUT2D eigenvalue weighted by Gasteiger charge is 2.13. The number of alkyl halides is 2. The van der Waals surface area contributed by atoms with Gasteiger partial charge in [0.1, 0.15) is 11.6 Å². The van der Waals surface area contributed by atoms with Crippen LogP contribution in [-0.2, 0) is 6.54 Å². The second-order valence-corrected chi connectivity index (χ2v) is 5.20. The highest BCUT2D eigenvalue weighted by molar-refractivity contribution is 14.0. The molecule has 0 spiro atoms. The Hall–Kier alpha value is -0.840. The fraction of sp³-hybridized carbons (Fsp3) is 0.500. The first-order valence-electron chi connectivity index (χ1n) is 6.81. The molecule has 23 heavy (non-hydrogen) atoms. The molecule has 132 valence electrons. The topological polar surface area (TPSA) is 45.7 Å². The van der Waals surface area contributed by atoms with E-state index in [9.17, 15) is 13.2 Å². The lowest BCUT2D eigenvalue weighted by Crippen LogP contribution is -2.38. The maximum atomic E-state index is 13.8. The van der Waals surface area contributed by atoms with Crippen molar-refractivity contribution in [3.05, 3.63) is 29.6 Å². The van der Waals surface area contributed by atoms with Crippen molar-refractivity contribution in [3.63, 3.8) is 0 Å². The van der Waals surface area contributed by atoms with Crippen LogP contribution in [-0.4, -0.2) is 37.7 Å². The minimum absolute atomic E-state index is 0. The number of halogens is 4. The van der Waals surface area contributed by atoms with E-state index in [-0.39, 0.29) is 41.8 Å². The van der Waals surface area contributed by atoms with E-state index in [2.05, 4.69) is 20.4 Å². The van der Waals surface area contributed by atoms with Crippen LogP contribution in [0.3, 0.4) is 0 Å². The predicted octanol–water partition coefficient (Wildman–Crippen LogP) is 3.46. The van der Waals surface area contributed by atoms with Gasteiger partial charge in [-0.05, 0) is 25.3 Å². The molecule has 0 amide bonds. The van der Waals surface area contributed by atoms with Crippen molar-refractivity contribution >= 4 is 41.7 Å². The zero-order chi connectivity index (χ0) is 16.4. The smallest absolute Gasteiger partial charge is 0.387 e. The normalized spacial score (nSPS) is 11.1. The molecule has 0 aliphatic carbocycles. The third kappa shape index (κ3) is 8.54. The number of guanidine groups is 1. The predicted molar refractivity (Wildman–Crippen MR) is 99.6 cm³/mol. The summed E-state index contributed by atoms with van der Waals surface area (Å²) in [4.78, 5) is 4.20. The molecule has 0 radical (unpaired) electrons. The number of thioether (sulfide) groups is 1. The number of benzene rings is 1. The molecule has 0 unspecified atom stereocenters. The lowest BCUT2D eigenvalue weighted by atomic mass is 10.2. The SMILES string of the molecule is CCNC(=NCc1c(F)cccc1OC(F)F)NCCSC.I. The summed E-state index contributed by atoms with van der Waals surface area (Å²) in [6, 6.07) is 3.81. The first-order chi connectivity index (χ1) is 10.6. The van der Waals surface area contributed by atoms with Crippen LogP contribution in [0.1, 0.15) is 12.5 Å². The number of nitrogens with zero attached hydrogens (tertiary/aromatic N) is 1. The van der Waals surface area contributed by atoms with Gasteiger partial charge < -0.3 is 15.4 Å². The molecule has 1 aromatic rings. The Morgan fingerprint density at radius 2 is 2.09 bits per heavy atom. The van der Waals surface area contributed by atoms with Gasteiger partial charge in [-0.3, -0.25) is 0 Å². The van der Waals surface area contributed by atoms with E-state index in [4.69, 9.17) is 0 Å². The molecule has 2 N–H and O–H groups in total. The van der Waals surface area contributed by atoms with E-state index in [1.807, 2.05) is 13.2 Å². The summed E-state index contributed by atoms with van der Waals surface area (Å²) in [6.45, 7) is 0.147. The third-order valence-corrected chi connectivity index (χ3v) is 3.24. The van der Waals surface area contributed by atoms with E-state index in [1.54, 1.807) is 11.8 Å². The average molecular weight is 463 g/mol. The van der Waals surface area contributed by atoms with Crippen molar-refractivity contribution < 1.29 is 17.9 Å². The van der Waals surface area contributed by atoms with Crippen LogP contribution >= 0.6 is 35.7 Å². The second kappa shape index (κ2) is 12.6. The summed E-state index contributed by atoms with van der Waals surface area (Å²) in [5, 5.41) is 6.09. The minimum atomic E-state index is -3.00. The minimum Gasteiger partial charge on any atom is -0.434 e. The standard InChI is InChI=1S/C14H20F3N3OS.HI/c1-3-18-14(19-7-8-22-2)20-9-10-11(15)5-4-6-12(10)21-13(16)17;/h4-6,13H,3,7-9H2,1-2H3,(H2,18,19,20);1H. The molecule has 0 saturated heterocycles. The van der Waals surface area contributed by atoms with Crippen molar-refractivity contribution in [1.82, 2.24) is 10.6 Å². The number of hydrogen-bond donors (Lipinski definition) is 2. The van der Waals surface area contributed by atoms with Crippen LogP contribution in [0.4, 0.5) is 13.2 Å². The Morgan fingerprint density at radius 1 is 1.35 bits per heavy atom. The molecule has 1 rings (SSSR count). The Morgan fingerprint density at radius 3 is 2.70 bits per heavy atom. The van der Waals surface area contributed by atoms with E-state index in [1.165, 1.54) is 18.2 Å². The number of ether oxygens (including phenoxy) is 1. The van der Waals surface area contributed by atoms with Crippen LogP contribution < -0.4 is 15.4 Å². The summed E-state index contributed by atoms with van der Waals surface area (Å²) in [6.07, 6.45) is 1.99. The van der Waals surface area contributed by atoms with Gasteiger partial charge in [-0.25, -0.2) is 9.38 Å². The fourth-order valence-corrected chi connectivity index (χ4v) is 1.98. The molecular formula is C14H21F3IN3OS. The highest BCUT2D eigenvalue weighted by atomic mass is 127. The van der Waals surface area contributed by atoms with Crippen LogP contribution in [0.25, 0.3) is 0 Å². The van der Waals surface area contributed by atoms with Gasteiger partial charge in [0, 0.05) is 18.8 Å². The first-order valence-corrected chi connectivity index (χ1v) is 8.21. The zero-order valence-corrected chi connectivity index (χ0v) is 16.1. The van der Waals surface area contributed by atoms with Gasteiger partial charge in [0.25, 0.3) is 0 Å². The van der Waals surface area contributed by atoms with Crippen molar-refractivity contribution in [1.29, 1.82) is 0 Å². The Kier molecular flexibility index (Phi) is 12.1. The van der Waals surface area contributed by atoms with Gasteiger partial charge in [0.05, 0.1) is 12.1 Å². The Balaban J connectivity index is 0.00000484. The van der Waals surface area contributed by atoms with Crippen LogP contribution in [0.2, 0.25) is 0 Å². The Labute approximate surface area is 155 Å². The van der Waals surface area contributed by atoms with Crippen molar-refractivity contribution in [2.75, 3.05) is 25.1 Å². The van der Waals surface area contributed by atoms with E-state index < -0.39 is 12.4 Å². The first kappa shape index (κ1) is 22.2. The van der Waals surface area contributed by atoms with Gasteiger partial charge >= 0.3 is 6.61 Å². The lowest BCUT2D eigenvalue weighted by Gasteiger charge is -2.13. The zero-order valence-electron chi connectivity index (χ0n) is 12.9. The molecule has 4 nitrogen and oxygen atoms in total. The summed E-state index contributed by atoms with van der Waals surface area (Å²) >= 11 is 1.68. The van der Waals surface area contributed by atoms with Gasteiger partial charge in [-0.1, -0.05) is 6.07 Å². The van der Waals surface area contributed by atoms with Crippen LogP contribution in [0.5, 0.6) is 5.75 Å². The largest absolute Gasteiger partial charge is 0.434 e. The monoisotopic (exact) mass is 463 g/mol. The van der Waals surface area contributed by atoms with Crippen LogP contribution in [0.15, 0.2) is 23.2 Å². The molecule has 0 fully saturated rings. The van der Waals surface area contributed by atoms with Crippen LogP contribution in [0, 0.1) is 5.82 Å². The fourth-order valence-electron chi connectivity index (χ4n) is 1.67. The third-order valence-electron chi connectivity index (χ3n) is 2.63. The van der Waals surface area contributed by atoms with Gasteiger partial charge in [-0.15, -0.1) is 24.0 Å². The quantitative estimate of drug-likeness (QED) is 0.268. The van der Waals surface area contributed by atoms with Crippen molar-refractivity contribution in [2.45, 2.75) is 20.1 Å². The molecule has 0 bridgehead atoms. The number of rotatable bonds is 8. The maximum Gasteiger partial charge on any atom is 0.387 e. The second-order valence-electron chi connectivity index (χ2n) is 4.21. The molecule has 0 aromatic heterocycles. The summed E-state index contributed by atoms with van der Waals surface area (Å²) < 4.78 is 42.8. The van der Waals surface area contributed by atoms with Gasteiger partial charge in [-0.2, -0.15) is 20.5 Å². The molecule has 0 aliphatic rings. The highest BCUT2D eigenvalue weighted by Crippen LogP contribution is 2.24. The molecule has 0 aliphatic heterocycles. The van der Waals surface area contributed by atoms with Crippen molar-refractivity contribution in [3.8, 4) is 5.75 Å². The number of hydrogen-bond acceptors (Lipinski definition) is 3. The number of aliphatic imine (C=N–C) groups is 1. The molecule has 9 heteroatoms. The molecule has 0 heterocycles. The molecule has 0 saturated carbocycles. The molecule has 0 atom stereocenters. The van der Waals surface area contributed by atoms with E-state index >= 15 is 0 Å². The number of nitrogens with one attached hydrogen (secondary N) is 2. The van der Waals surface area contributed by atoms with Gasteiger partial charge in [0.15, 0.2) is 5.96 Å². The summed E-state index contributed by atoms with van der Waals surface area (Å²) in [5.41, 5.74) is 0.00451. The van der Waals surface area contributed by atoms with E-state index in [0.717, 1.165) is 5.75 Å². The average Bonchev–Trinajstić information content (AvgIpc) is 2.46. The lowest BCUT2D eigenvalue weighted by molar-refractivity contribution is -0.0506. The van der Waals surface area contributed by atoms with Gasteiger partial charge in [0.2, 0.25) is 0 Å². The summed E-state index contributed by atoms with van der Waals surface area (Å²) in [5.74, 6) is 0.576. The maximum absolute atomic E-state index is 13.8. The Bertz CT molecular complexity index is 492. The molecule has 1 aromatic carbocycles.